The van der Waals surface area contributed by atoms with Crippen LogP contribution in [0.1, 0.15) is 2.85 Å². The van der Waals surface area contributed by atoms with Gasteiger partial charge in [0, 0.05) is 0 Å². The molecule has 0 atom stereocenters. The summed E-state index contributed by atoms with van der Waals surface area (Å²) in [6, 6.07) is 0. The molecule has 0 aromatic heterocycles. The van der Waals surface area contributed by atoms with Gasteiger partial charge in [-0.15, -0.1) is 0 Å². The van der Waals surface area contributed by atoms with E-state index in [1.54, 1.807) is 0 Å². The molecule has 11 heteroatoms. The van der Waals surface area contributed by atoms with Gasteiger partial charge in [0.15, 0.2) is 0 Å². The number of rotatable bonds is 0. The molecule has 0 amide bonds. The number of phosphoric acid groups is 1. The summed E-state index contributed by atoms with van der Waals surface area (Å²) < 4.78 is 31.7. The van der Waals surface area contributed by atoms with Crippen molar-refractivity contribution in [3.63, 3.8) is 0 Å². The van der Waals surface area contributed by atoms with E-state index in [-0.39, 0.29) is 83.8 Å². The first-order valence-electron chi connectivity index (χ1n) is 1.31. The normalized spacial score (nSPS) is 8.55. The van der Waals surface area contributed by atoms with E-state index in [0.29, 0.717) is 0 Å². The first-order valence-corrected chi connectivity index (χ1v) is 3.94. The molecule has 0 aromatic carbocycles. The summed E-state index contributed by atoms with van der Waals surface area (Å²) in [5, 5.41) is 0. The van der Waals surface area contributed by atoms with Crippen molar-refractivity contribution >= 4 is 19.2 Å². The van der Waals surface area contributed by atoms with Crippen LogP contribution in [0, 0.1) is 0 Å². The summed E-state index contributed by atoms with van der Waals surface area (Å²) in [6.07, 6.45) is 0. The Morgan fingerprint density at radius 3 is 1.18 bits per heavy atom. The third-order valence-electron chi connectivity index (χ3n) is 0. The van der Waals surface area contributed by atoms with Crippen molar-refractivity contribution in [1.29, 1.82) is 0 Å². The Morgan fingerprint density at radius 2 is 1.18 bits per heavy atom. The predicted octanol–water partition coefficient (Wildman–Crippen LogP) is -7.01. The molecule has 0 spiro atoms. The summed E-state index contributed by atoms with van der Waals surface area (Å²) in [4.78, 5) is 21.6. The van der Waals surface area contributed by atoms with Crippen molar-refractivity contribution < 1.29 is 116 Å². The van der Waals surface area contributed by atoms with Crippen LogP contribution in [0.25, 0.3) is 0 Å². The van der Waals surface area contributed by atoms with E-state index in [4.69, 9.17) is 32.6 Å². The minimum Gasteiger partial charge on any atom is -1.00 e. The molecule has 0 rings (SSSR count). The second-order valence-electron chi connectivity index (χ2n) is 0.744. The minimum absolute atomic E-state index is 0. The van der Waals surface area contributed by atoms with Crippen LogP contribution in [0.5, 0.6) is 0 Å². The summed E-state index contributed by atoms with van der Waals surface area (Å²) in [7, 11) is -4.64. The fraction of sp³-hybridized carbons (Fsp3) is 0. The average molecular weight is 244 g/mol. The first-order chi connectivity index (χ1) is 3.73. The van der Waals surface area contributed by atoms with Crippen molar-refractivity contribution in [1.82, 2.24) is 0 Å². The molecule has 7 nitrogen and oxygen atoms in total. The molecule has 0 radical (unpaired) electrons. The van der Waals surface area contributed by atoms with Crippen LogP contribution in [0.3, 0.4) is 0 Å². The molecule has 62 valence electrons. The zero-order chi connectivity index (χ0) is 8.08. The van der Waals surface area contributed by atoms with Crippen LogP contribution in [0.15, 0.2) is 0 Å². The van der Waals surface area contributed by atoms with Gasteiger partial charge in [-0.3, -0.25) is 9.11 Å². The maximum atomic E-state index is 8.88. The van der Waals surface area contributed by atoms with Crippen molar-refractivity contribution in [3.8, 4) is 0 Å². The van der Waals surface area contributed by atoms with Crippen LogP contribution < -0.4 is 80.9 Å². The second kappa shape index (κ2) is 12.8. The van der Waals surface area contributed by atoms with E-state index < -0.39 is 19.2 Å². The van der Waals surface area contributed by atoms with Gasteiger partial charge in [0.2, 0.25) is 0 Å². The molecule has 0 saturated heterocycles. The van der Waals surface area contributed by atoms with Gasteiger partial charge in [0.25, 0.3) is 11.4 Å². The predicted molar refractivity (Wildman–Crippen MR) is 29.9 cm³/mol. The third kappa shape index (κ3) is 189. The van der Waals surface area contributed by atoms with E-state index >= 15 is 0 Å². The summed E-state index contributed by atoms with van der Waals surface area (Å²) in [5.41, 5.74) is 0. The van der Waals surface area contributed by atoms with E-state index in [0.717, 1.165) is 0 Å². The molecule has 0 aromatic rings. The Kier molecular flexibility index (Phi) is 27.4. The maximum Gasteiger partial charge on any atom is 1.00 e. The van der Waals surface area contributed by atoms with Gasteiger partial charge in [0.05, 0.1) is 0 Å². The van der Waals surface area contributed by atoms with Crippen LogP contribution in [-0.4, -0.2) is 28.0 Å². The van der Waals surface area contributed by atoms with Crippen molar-refractivity contribution in [3.05, 3.63) is 0 Å². The molecule has 0 heterocycles. The summed E-state index contributed by atoms with van der Waals surface area (Å²) in [6.45, 7) is 0. The van der Waals surface area contributed by atoms with Crippen molar-refractivity contribution in [2.24, 2.45) is 0 Å². The zero-order valence-corrected chi connectivity index (χ0v) is 12.7. The van der Waals surface area contributed by atoms with Crippen LogP contribution >= 0.6 is 7.82 Å². The molecule has 5 N–H and O–H groups in total. The Balaban J connectivity index is -0.0000000146. The van der Waals surface area contributed by atoms with Gasteiger partial charge in [-0.25, -0.2) is 4.57 Å². The van der Waals surface area contributed by atoms with E-state index in [2.05, 4.69) is 0 Å². The van der Waals surface area contributed by atoms with Gasteiger partial charge < -0.3 is 17.5 Å². The summed E-state index contributed by atoms with van der Waals surface area (Å²) >= 11 is -2.61. The molecule has 0 aliphatic heterocycles. The van der Waals surface area contributed by atoms with Gasteiger partial charge in [-0.1, -0.05) is 0 Å². The number of hydrogen-bond acceptors (Lipinski definition) is 2. The van der Waals surface area contributed by atoms with E-state index in [1.807, 2.05) is 0 Å². The Morgan fingerprint density at radius 1 is 1.18 bits per heavy atom. The average Bonchev–Trinajstić information content (AvgIpc) is 1.19. The molecular formula is H7KNaO7PS. The van der Waals surface area contributed by atoms with Crippen molar-refractivity contribution in [2.75, 3.05) is 0 Å². The Bertz CT molecular complexity index is 126. The van der Waals surface area contributed by atoms with Crippen LogP contribution in [0.4, 0.5) is 0 Å². The standard InChI is InChI=1S/K.Na.H3O4P.H2O3S.2H/c;;1-5(2,3)4;1-4(2)3;;/h;;(H3,1,2,3,4);(H2,1,2,3);;/q2*+1;;;2*-1. The Hall–Kier alpha value is 2.82. The molecule has 0 saturated carbocycles. The molecule has 0 unspecified atom stereocenters. The molecule has 0 fully saturated rings. The van der Waals surface area contributed by atoms with Gasteiger partial charge in [0.1, 0.15) is 0 Å². The maximum absolute atomic E-state index is 8.88. The largest absolute Gasteiger partial charge is 1.00 e. The smallest absolute Gasteiger partial charge is 1.00 e. The monoisotopic (exact) mass is 244 g/mol. The quantitative estimate of drug-likeness (QED) is 0.162. The van der Waals surface area contributed by atoms with Crippen molar-refractivity contribution in [2.45, 2.75) is 0 Å². The van der Waals surface area contributed by atoms with Crippen LogP contribution in [-0.2, 0) is 15.9 Å². The molecule has 0 aliphatic carbocycles. The minimum atomic E-state index is -4.64. The van der Waals surface area contributed by atoms with E-state index in [9.17, 15) is 0 Å². The third-order valence-corrected chi connectivity index (χ3v) is 0. The Labute approximate surface area is 133 Å². The molecule has 0 bridgehead atoms. The van der Waals surface area contributed by atoms with E-state index in [1.165, 1.54) is 0 Å². The first kappa shape index (κ1) is 23.6. The molecule has 11 heavy (non-hydrogen) atoms. The van der Waals surface area contributed by atoms with Crippen LogP contribution in [0.2, 0.25) is 0 Å². The van der Waals surface area contributed by atoms with Gasteiger partial charge in [-0.2, -0.15) is 4.21 Å². The molecule has 0 aliphatic rings. The summed E-state index contributed by atoms with van der Waals surface area (Å²) in [5.74, 6) is 0. The fourth-order valence-electron chi connectivity index (χ4n) is 0. The number of hydrogen-bond donors (Lipinski definition) is 5. The topological polar surface area (TPSA) is 135 Å². The molecular weight excluding hydrogens is 237 g/mol. The SMILES string of the molecule is O=P(O)(O)O.O=S(O)O.[H-].[H-].[K+].[Na+]. The second-order valence-corrected chi connectivity index (χ2v) is 2.23. The van der Waals surface area contributed by atoms with Gasteiger partial charge in [-0.05, 0) is 0 Å². The van der Waals surface area contributed by atoms with Gasteiger partial charge >= 0.3 is 88.8 Å². The zero-order valence-electron chi connectivity index (χ0n) is 7.91. The fourth-order valence-corrected chi connectivity index (χ4v) is 0.